The van der Waals surface area contributed by atoms with Crippen LogP contribution in [-0.2, 0) is 17.7 Å². The molecule has 0 radical (unpaired) electrons. The zero-order chi connectivity index (χ0) is 14.3. The highest BCUT2D eigenvalue weighted by Crippen LogP contribution is 2.23. The van der Waals surface area contributed by atoms with Crippen molar-refractivity contribution in [3.63, 3.8) is 0 Å². The molecule has 1 heterocycles. The van der Waals surface area contributed by atoms with Gasteiger partial charge >= 0.3 is 0 Å². The van der Waals surface area contributed by atoms with Crippen molar-refractivity contribution in [2.24, 2.45) is 0 Å². The number of hydrogen-bond acceptors (Lipinski definition) is 3. The lowest BCUT2D eigenvalue weighted by atomic mass is 10.1. The van der Waals surface area contributed by atoms with Crippen LogP contribution in [0, 0.1) is 6.92 Å². The predicted octanol–water partition coefficient (Wildman–Crippen LogP) is 2.92. The molecule has 0 aliphatic carbocycles. The summed E-state index contributed by atoms with van der Waals surface area (Å²) in [4.78, 5) is 0. The van der Waals surface area contributed by atoms with E-state index in [4.69, 9.17) is 4.74 Å². The zero-order valence-corrected chi connectivity index (χ0v) is 14.1. The Morgan fingerprint density at radius 3 is 2.74 bits per heavy atom. The summed E-state index contributed by atoms with van der Waals surface area (Å²) in [5.41, 5.74) is 2.37. The van der Waals surface area contributed by atoms with Crippen LogP contribution in [0.3, 0.4) is 0 Å². The molecule has 1 aromatic rings. The summed E-state index contributed by atoms with van der Waals surface area (Å²) in [6, 6.07) is 0.484. The average molecular weight is 332 g/mol. The van der Waals surface area contributed by atoms with Crippen molar-refractivity contribution < 1.29 is 4.74 Å². The molecule has 4 nitrogen and oxygen atoms in total. The molecule has 5 heteroatoms. The molecule has 0 amide bonds. The largest absolute Gasteiger partial charge is 0.385 e. The molecular formula is C14H26BrN3O. The van der Waals surface area contributed by atoms with Gasteiger partial charge in [-0.3, -0.25) is 4.68 Å². The van der Waals surface area contributed by atoms with Crippen LogP contribution < -0.4 is 5.32 Å². The van der Waals surface area contributed by atoms with E-state index in [0.29, 0.717) is 6.04 Å². The normalized spacial score (nSPS) is 12.9. The van der Waals surface area contributed by atoms with Crippen LogP contribution in [0.2, 0.25) is 0 Å². The molecule has 0 bridgehead atoms. The zero-order valence-electron chi connectivity index (χ0n) is 12.5. The first-order chi connectivity index (χ1) is 9.13. The number of rotatable bonds is 9. The molecule has 19 heavy (non-hydrogen) atoms. The molecule has 0 saturated carbocycles. The van der Waals surface area contributed by atoms with Crippen molar-refractivity contribution in [3.05, 3.63) is 15.9 Å². The molecule has 0 aliphatic heterocycles. The molecule has 0 spiro atoms. The van der Waals surface area contributed by atoms with Gasteiger partial charge in [0.05, 0.1) is 15.9 Å². The first-order valence-corrected chi connectivity index (χ1v) is 7.87. The maximum atomic E-state index is 5.14. The molecule has 1 unspecified atom stereocenters. The highest BCUT2D eigenvalue weighted by atomic mass is 79.9. The molecule has 1 N–H and O–H groups in total. The van der Waals surface area contributed by atoms with Crippen molar-refractivity contribution in [2.45, 2.75) is 52.6 Å². The summed E-state index contributed by atoms with van der Waals surface area (Å²) in [5.74, 6) is 0. The second-order valence-electron chi connectivity index (χ2n) is 4.76. The van der Waals surface area contributed by atoms with Crippen molar-refractivity contribution in [2.75, 3.05) is 20.3 Å². The fourth-order valence-corrected chi connectivity index (χ4v) is 2.78. The number of nitrogens with one attached hydrogen (secondary N) is 1. The van der Waals surface area contributed by atoms with Gasteiger partial charge in [-0.05, 0) is 49.2 Å². The average Bonchev–Trinajstić information content (AvgIpc) is 2.67. The Morgan fingerprint density at radius 1 is 1.42 bits per heavy atom. The third kappa shape index (κ3) is 4.89. The SMILES string of the molecule is CCNC(CCCOC)Cc1c(Br)c(C)nn1CC. The number of aryl methyl sites for hydroxylation is 2. The van der Waals surface area contributed by atoms with Gasteiger partial charge in [0.2, 0.25) is 0 Å². The maximum Gasteiger partial charge on any atom is 0.0738 e. The van der Waals surface area contributed by atoms with Gasteiger partial charge in [-0.1, -0.05) is 6.92 Å². The predicted molar refractivity (Wildman–Crippen MR) is 82.6 cm³/mol. The summed E-state index contributed by atoms with van der Waals surface area (Å²) < 4.78 is 8.39. The van der Waals surface area contributed by atoms with Crippen LogP contribution in [0.4, 0.5) is 0 Å². The van der Waals surface area contributed by atoms with E-state index in [1.54, 1.807) is 7.11 Å². The lowest BCUT2D eigenvalue weighted by molar-refractivity contribution is 0.188. The van der Waals surface area contributed by atoms with Crippen LogP contribution in [0.15, 0.2) is 4.47 Å². The highest BCUT2D eigenvalue weighted by Gasteiger charge is 2.16. The van der Waals surface area contributed by atoms with E-state index in [2.05, 4.69) is 44.9 Å². The Kier molecular flexibility index (Phi) is 7.64. The summed E-state index contributed by atoms with van der Waals surface area (Å²) in [7, 11) is 1.76. The number of likely N-dealkylation sites (N-methyl/N-ethyl adjacent to an activating group) is 1. The summed E-state index contributed by atoms with van der Waals surface area (Å²) in [6.45, 7) is 9.07. The molecule has 1 atom stereocenters. The molecule has 0 fully saturated rings. The van der Waals surface area contributed by atoms with Gasteiger partial charge < -0.3 is 10.1 Å². The van der Waals surface area contributed by atoms with Crippen LogP contribution in [-0.4, -0.2) is 36.1 Å². The van der Waals surface area contributed by atoms with Gasteiger partial charge in [0.25, 0.3) is 0 Å². The van der Waals surface area contributed by atoms with Crippen molar-refractivity contribution in [3.8, 4) is 0 Å². The van der Waals surface area contributed by atoms with Crippen LogP contribution in [0.1, 0.15) is 38.1 Å². The van der Waals surface area contributed by atoms with Crippen LogP contribution >= 0.6 is 15.9 Å². The van der Waals surface area contributed by atoms with Gasteiger partial charge in [0.1, 0.15) is 0 Å². The molecule has 1 rings (SSSR count). The minimum Gasteiger partial charge on any atom is -0.385 e. The molecule has 0 saturated heterocycles. The Hall–Kier alpha value is -0.390. The quantitative estimate of drug-likeness (QED) is 0.707. The highest BCUT2D eigenvalue weighted by molar-refractivity contribution is 9.10. The van der Waals surface area contributed by atoms with E-state index >= 15 is 0 Å². The van der Waals surface area contributed by atoms with Gasteiger partial charge in [-0.15, -0.1) is 0 Å². The molecule has 0 aromatic carbocycles. The number of ether oxygens (including phenoxy) is 1. The van der Waals surface area contributed by atoms with Gasteiger partial charge in [-0.25, -0.2) is 0 Å². The molecule has 1 aromatic heterocycles. The standard InChI is InChI=1S/C14H26BrN3O/c1-5-16-12(8-7-9-19-4)10-13-14(15)11(3)17-18(13)6-2/h12,16H,5-10H2,1-4H3. The third-order valence-electron chi connectivity index (χ3n) is 3.29. The Bertz CT molecular complexity index is 379. The number of nitrogens with zero attached hydrogens (tertiary/aromatic N) is 2. The number of methoxy groups -OCH3 is 1. The van der Waals surface area contributed by atoms with E-state index in [-0.39, 0.29) is 0 Å². The van der Waals surface area contributed by atoms with Crippen LogP contribution in [0.25, 0.3) is 0 Å². The number of hydrogen-bond donors (Lipinski definition) is 1. The van der Waals surface area contributed by atoms with Crippen molar-refractivity contribution in [1.82, 2.24) is 15.1 Å². The van der Waals surface area contributed by atoms with E-state index in [9.17, 15) is 0 Å². The van der Waals surface area contributed by atoms with Gasteiger partial charge in [0, 0.05) is 32.7 Å². The van der Waals surface area contributed by atoms with E-state index in [1.807, 2.05) is 6.92 Å². The molecule has 0 aliphatic rings. The Morgan fingerprint density at radius 2 is 2.16 bits per heavy atom. The van der Waals surface area contributed by atoms with Gasteiger partial charge in [-0.2, -0.15) is 5.10 Å². The minimum atomic E-state index is 0.484. The second kappa shape index (κ2) is 8.72. The lowest BCUT2D eigenvalue weighted by Gasteiger charge is -2.18. The van der Waals surface area contributed by atoms with Crippen LogP contribution in [0.5, 0.6) is 0 Å². The Balaban J connectivity index is 2.72. The topological polar surface area (TPSA) is 39.1 Å². The van der Waals surface area contributed by atoms with E-state index < -0.39 is 0 Å². The third-order valence-corrected chi connectivity index (χ3v) is 4.32. The van der Waals surface area contributed by atoms with E-state index in [1.165, 1.54) is 5.69 Å². The first kappa shape index (κ1) is 16.7. The fourth-order valence-electron chi connectivity index (χ4n) is 2.34. The van der Waals surface area contributed by atoms with E-state index in [0.717, 1.165) is 49.1 Å². The summed E-state index contributed by atoms with van der Waals surface area (Å²) in [6.07, 6.45) is 3.22. The first-order valence-electron chi connectivity index (χ1n) is 7.08. The second-order valence-corrected chi connectivity index (χ2v) is 5.55. The smallest absolute Gasteiger partial charge is 0.0738 e. The monoisotopic (exact) mass is 331 g/mol. The van der Waals surface area contributed by atoms with Crippen molar-refractivity contribution in [1.29, 1.82) is 0 Å². The maximum absolute atomic E-state index is 5.14. The number of halogens is 1. The molecular weight excluding hydrogens is 306 g/mol. The minimum absolute atomic E-state index is 0.484. The number of aromatic nitrogens is 2. The summed E-state index contributed by atoms with van der Waals surface area (Å²) >= 11 is 3.67. The summed E-state index contributed by atoms with van der Waals surface area (Å²) in [5, 5.41) is 8.12. The Labute approximate surface area is 125 Å². The lowest BCUT2D eigenvalue weighted by Crippen LogP contribution is -2.32. The van der Waals surface area contributed by atoms with Crippen molar-refractivity contribution >= 4 is 15.9 Å². The molecule has 110 valence electrons. The van der Waals surface area contributed by atoms with Gasteiger partial charge in [0.15, 0.2) is 0 Å². The fraction of sp³-hybridized carbons (Fsp3) is 0.786.